The van der Waals surface area contributed by atoms with E-state index in [1.807, 2.05) is 0 Å². The normalized spacial score (nSPS) is 11.6. The zero-order chi connectivity index (χ0) is 9.35. The first-order valence-electron chi connectivity index (χ1n) is 2.75. The maximum Gasteiger partial charge on any atom is 0.241 e. The van der Waals surface area contributed by atoms with Crippen LogP contribution >= 0.6 is 11.6 Å². The summed E-state index contributed by atoms with van der Waals surface area (Å²) in [6, 6.07) is 0.853. The SMILES string of the molecule is NS(=O)(=O)c1cc(Cl)ncc1F. The molecule has 1 heterocycles. The molecule has 0 spiro atoms. The lowest BCUT2D eigenvalue weighted by Gasteiger charge is -1.98. The topological polar surface area (TPSA) is 73.1 Å². The minimum absolute atomic E-state index is 0.125. The van der Waals surface area contributed by atoms with E-state index in [0.29, 0.717) is 6.20 Å². The minimum atomic E-state index is -4.06. The number of halogens is 2. The number of pyridine rings is 1. The summed E-state index contributed by atoms with van der Waals surface area (Å²) in [5.74, 6) is -1.01. The zero-order valence-electron chi connectivity index (χ0n) is 5.66. The summed E-state index contributed by atoms with van der Waals surface area (Å²) < 4.78 is 34.0. The first kappa shape index (κ1) is 9.37. The summed E-state index contributed by atoms with van der Waals surface area (Å²) in [6.07, 6.45) is 0.697. The van der Waals surface area contributed by atoms with Crippen LogP contribution in [0.3, 0.4) is 0 Å². The molecule has 4 nitrogen and oxygen atoms in total. The van der Waals surface area contributed by atoms with Crippen LogP contribution in [0.4, 0.5) is 4.39 Å². The van der Waals surface area contributed by atoms with Crippen LogP contribution in [-0.2, 0) is 10.0 Å². The second-order valence-corrected chi connectivity index (χ2v) is 3.90. The predicted molar refractivity (Wildman–Crippen MR) is 40.6 cm³/mol. The van der Waals surface area contributed by atoms with Gasteiger partial charge in [0.2, 0.25) is 10.0 Å². The Hall–Kier alpha value is -0.720. The highest BCUT2D eigenvalue weighted by molar-refractivity contribution is 7.89. The van der Waals surface area contributed by atoms with Gasteiger partial charge in [-0.2, -0.15) is 0 Å². The van der Waals surface area contributed by atoms with Gasteiger partial charge < -0.3 is 0 Å². The van der Waals surface area contributed by atoms with Crippen molar-refractivity contribution in [3.63, 3.8) is 0 Å². The average molecular weight is 211 g/mol. The Kier molecular flexibility index (Phi) is 2.31. The third-order valence-electron chi connectivity index (χ3n) is 1.09. The largest absolute Gasteiger partial charge is 0.241 e. The standard InChI is InChI=1S/C5H4ClFN2O2S/c6-5-1-4(12(8,10)11)3(7)2-9-5/h1-2H,(H2,8,10,11). The number of nitrogens with zero attached hydrogens (tertiary/aromatic N) is 1. The quantitative estimate of drug-likeness (QED) is 0.687. The number of primary sulfonamides is 1. The van der Waals surface area contributed by atoms with E-state index in [-0.39, 0.29) is 5.15 Å². The highest BCUT2D eigenvalue weighted by Crippen LogP contribution is 2.15. The molecule has 12 heavy (non-hydrogen) atoms. The molecule has 1 aromatic rings. The van der Waals surface area contributed by atoms with Crippen LogP contribution in [0.1, 0.15) is 0 Å². The van der Waals surface area contributed by atoms with E-state index in [1.54, 1.807) is 0 Å². The van der Waals surface area contributed by atoms with E-state index in [4.69, 9.17) is 11.6 Å². The molecular weight excluding hydrogens is 207 g/mol. The van der Waals surface area contributed by atoms with Crippen molar-refractivity contribution in [3.05, 3.63) is 23.2 Å². The van der Waals surface area contributed by atoms with Crippen molar-refractivity contribution in [2.75, 3.05) is 0 Å². The summed E-state index contributed by atoms with van der Waals surface area (Å²) in [5.41, 5.74) is 0. The smallest absolute Gasteiger partial charge is 0.241 e. The molecule has 0 saturated heterocycles. The van der Waals surface area contributed by atoms with Gasteiger partial charge in [0.15, 0.2) is 5.82 Å². The van der Waals surface area contributed by atoms with Crippen LogP contribution < -0.4 is 5.14 Å². The number of nitrogens with two attached hydrogens (primary N) is 1. The third kappa shape index (κ3) is 1.90. The Morgan fingerprint density at radius 3 is 2.58 bits per heavy atom. The van der Waals surface area contributed by atoms with Crippen LogP contribution in [0.25, 0.3) is 0 Å². The lowest BCUT2D eigenvalue weighted by Crippen LogP contribution is -2.14. The van der Waals surface area contributed by atoms with Crippen molar-refractivity contribution >= 4 is 21.6 Å². The van der Waals surface area contributed by atoms with Crippen molar-refractivity contribution in [1.29, 1.82) is 0 Å². The first-order valence-corrected chi connectivity index (χ1v) is 4.67. The third-order valence-corrected chi connectivity index (χ3v) is 2.23. The number of hydrogen-bond donors (Lipinski definition) is 1. The monoisotopic (exact) mass is 210 g/mol. The van der Waals surface area contributed by atoms with Crippen molar-refractivity contribution in [2.45, 2.75) is 4.90 Å². The molecule has 1 rings (SSSR count). The summed E-state index contributed by atoms with van der Waals surface area (Å²) in [5, 5.41) is 4.55. The highest BCUT2D eigenvalue weighted by Gasteiger charge is 2.14. The van der Waals surface area contributed by atoms with Gasteiger partial charge in [-0.25, -0.2) is 22.9 Å². The van der Waals surface area contributed by atoms with E-state index >= 15 is 0 Å². The van der Waals surface area contributed by atoms with Crippen LogP contribution in [-0.4, -0.2) is 13.4 Å². The van der Waals surface area contributed by atoms with E-state index in [1.165, 1.54) is 0 Å². The molecule has 66 valence electrons. The molecule has 0 atom stereocenters. The Balaban J connectivity index is 3.43. The molecule has 0 amide bonds. The second kappa shape index (κ2) is 2.96. The molecule has 0 fully saturated rings. The fraction of sp³-hybridized carbons (Fsp3) is 0. The molecule has 0 unspecified atom stereocenters. The number of hydrogen-bond acceptors (Lipinski definition) is 3. The lowest BCUT2D eigenvalue weighted by molar-refractivity contribution is 0.564. The van der Waals surface area contributed by atoms with Crippen LogP contribution in [0.2, 0.25) is 5.15 Å². The predicted octanol–water partition coefficient (Wildman–Crippen LogP) is 0.522. The summed E-state index contributed by atoms with van der Waals surface area (Å²) in [6.45, 7) is 0. The summed E-state index contributed by atoms with van der Waals surface area (Å²) in [7, 11) is -4.06. The molecule has 0 saturated carbocycles. The molecule has 0 aromatic carbocycles. The molecule has 0 aliphatic heterocycles. The van der Waals surface area contributed by atoms with Gasteiger partial charge in [-0.15, -0.1) is 0 Å². The van der Waals surface area contributed by atoms with Crippen molar-refractivity contribution in [3.8, 4) is 0 Å². The van der Waals surface area contributed by atoms with E-state index in [9.17, 15) is 12.8 Å². The van der Waals surface area contributed by atoms with Gasteiger partial charge >= 0.3 is 0 Å². The molecule has 7 heteroatoms. The summed E-state index contributed by atoms with van der Waals surface area (Å²) in [4.78, 5) is 2.67. The zero-order valence-corrected chi connectivity index (χ0v) is 7.23. The molecule has 0 aliphatic rings. The van der Waals surface area contributed by atoms with Gasteiger partial charge in [-0.05, 0) is 6.07 Å². The number of aromatic nitrogens is 1. The molecule has 1 aromatic heterocycles. The Labute approximate surface area is 73.2 Å². The maximum absolute atomic E-state index is 12.7. The molecule has 2 N–H and O–H groups in total. The Morgan fingerprint density at radius 2 is 2.17 bits per heavy atom. The molecular formula is C5H4ClFN2O2S. The van der Waals surface area contributed by atoms with Gasteiger partial charge in [0.05, 0.1) is 6.20 Å². The van der Waals surface area contributed by atoms with E-state index in [0.717, 1.165) is 6.07 Å². The van der Waals surface area contributed by atoms with Gasteiger partial charge in [-0.1, -0.05) is 11.6 Å². The fourth-order valence-electron chi connectivity index (χ4n) is 0.614. The summed E-state index contributed by atoms with van der Waals surface area (Å²) >= 11 is 5.33. The van der Waals surface area contributed by atoms with Crippen molar-refractivity contribution in [1.82, 2.24) is 4.98 Å². The maximum atomic E-state index is 12.7. The van der Waals surface area contributed by atoms with Gasteiger partial charge in [0.25, 0.3) is 0 Å². The second-order valence-electron chi connectivity index (χ2n) is 1.98. The number of sulfonamides is 1. The molecule has 0 bridgehead atoms. The Bertz CT molecular complexity index is 406. The average Bonchev–Trinajstić information content (AvgIpc) is 1.92. The van der Waals surface area contributed by atoms with Crippen LogP contribution in [0, 0.1) is 5.82 Å². The lowest BCUT2D eigenvalue weighted by atomic mass is 10.5. The highest BCUT2D eigenvalue weighted by atomic mass is 35.5. The van der Waals surface area contributed by atoms with Crippen molar-refractivity contribution < 1.29 is 12.8 Å². The van der Waals surface area contributed by atoms with Crippen LogP contribution in [0.5, 0.6) is 0 Å². The van der Waals surface area contributed by atoms with E-state index in [2.05, 4.69) is 10.1 Å². The number of rotatable bonds is 1. The van der Waals surface area contributed by atoms with Crippen molar-refractivity contribution in [2.24, 2.45) is 5.14 Å². The van der Waals surface area contributed by atoms with Crippen LogP contribution in [0.15, 0.2) is 17.2 Å². The van der Waals surface area contributed by atoms with Gasteiger partial charge in [-0.3, -0.25) is 0 Å². The van der Waals surface area contributed by atoms with Gasteiger partial charge in [0.1, 0.15) is 10.0 Å². The molecule has 0 radical (unpaired) electrons. The fourth-order valence-corrected chi connectivity index (χ4v) is 1.44. The van der Waals surface area contributed by atoms with Gasteiger partial charge in [0, 0.05) is 0 Å². The first-order chi connectivity index (χ1) is 5.41. The Morgan fingerprint density at radius 1 is 1.58 bits per heavy atom. The minimum Gasteiger partial charge on any atom is -0.241 e. The molecule has 0 aliphatic carbocycles. The van der Waals surface area contributed by atoms with E-state index < -0.39 is 20.7 Å².